The molecule has 0 aromatic heterocycles. The Kier molecular flexibility index (Phi) is 5.81. The summed E-state index contributed by atoms with van der Waals surface area (Å²) in [6.07, 6.45) is 0.200. The summed E-state index contributed by atoms with van der Waals surface area (Å²) in [5, 5.41) is 18.2. The first-order valence-corrected chi connectivity index (χ1v) is 6.10. The zero-order chi connectivity index (χ0) is 15.1. The predicted octanol–water partition coefficient (Wildman–Crippen LogP) is 1.57. The normalized spacial score (nSPS) is 9.65. The number of hydrogen-bond donors (Lipinski definition) is 1. The third-order valence-electron chi connectivity index (χ3n) is 2.49. The van der Waals surface area contributed by atoms with Crippen LogP contribution in [0.15, 0.2) is 18.2 Å². The minimum absolute atomic E-state index is 0.107. The van der Waals surface area contributed by atoms with Crippen molar-refractivity contribution in [1.82, 2.24) is 4.90 Å². The van der Waals surface area contributed by atoms with Gasteiger partial charge in [0.1, 0.15) is 11.3 Å². The molecular weight excluding hydrogens is 284 g/mol. The van der Waals surface area contributed by atoms with Crippen molar-refractivity contribution in [3.8, 4) is 11.8 Å². The van der Waals surface area contributed by atoms with E-state index in [9.17, 15) is 14.7 Å². The van der Waals surface area contributed by atoms with E-state index in [1.807, 2.05) is 6.07 Å². The number of ether oxygens (including phenoxy) is 1. The minimum Gasteiger partial charge on any atom is -0.507 e. The minimum atomic E-state index is -0.841. The van der Waals surface area contributed by atoms with Gasteiger partial charge in [0, 0.05) is 18.6 Å². The number of amides is 1. The van der Waals surface area contributed by atoms with Gasteiger partial charge in [-0.15, -0.1) is 0 Å². The number of nitrogens with zero attached hydrogens (tertiary/aromatic N) is 2. The summed E-state index contributed by atoms with van der Waals surface area (Å²) < 4.78 is 4.80. The molecule has 0 saturated heterocycles. The third-order valence-corrected chi connectivity index (χ3v) is 2.73. The summed E-state index contributed by atoms with van der Waals surface area (Å²) in [5.41, 5.74) is -0.107. The Morgan fingerprint density at radius 2 is 2.20 bits per heavy atom. The molecule has 1 N–H and O–H groups in total. The fraction of sp³-hybridized carbons (Fsp3) is 0.308. The first kappa shape index (κ1) is 15.8. The highest BCUT2D eigenvalue weighted by Gasteiger charge is 2.16. The van der Waals surface area contributed by atoms with Crippen molar-refractivity contribution >= 4 is 23.5 Å². The number of phenols is 1. The number of hydrogen-bond acceptors (Lipinski definition) is 5. The molecule has 0 radical (unpaired) electrons. The van der Waals surface area contributed by atoms with Crippen LogP contribution in [0.4, 0.5) is 0 Å². The SMILES string of the molecule is CN(CCC#N)C(=O)COC(=O)c1cc(Cl)ccc1O. The maximum Gasteiger partial charge on any atom is 0.342 e. The average Bonchev–Trinajstić information content (AvgIpc) is 2.44. The summed E-state index contributed by atoms with van der Waals surface area (Å²) >= 11 is 5.71. The summed E-state index contributed by atoms with van der Waals surface area (Å²) in [6, 6.07) is 5.85. The van der Waals surface area contributed by atoms with Gasteiger partial charge in [-0.1, -0.05) is 11.6 Å². The highest BCUT2D eigenvalue weighted by atomic mass is 35.5. The van der Waals surface area contributed by atoms with Crippen LogP contribution in [0, 0.1) is 11.3 Å². The molecule has 0 heterocycles. The number of esters is 1. The molecule has 0 atom stereocenters. The zero-order valence-corrected chi connectivity index (χ0v) is 11.6. The molecular formula is C13H13ClN2O4. The van der Waals surface area contributed by atoms with Crippen LogP contribution in [0.5, 0.6) is 5.75 Å². The first-order valence-electron chi connectivity index (χ1n) is 5.72. The predicted molar refractivity (Wildman–Crippen MR) is 71.3 cm³/mol. The number of aromatic hydroxyl groups is 1. The highest BCUT2D eigenvalue weighted by molar-refractivity contribution is 6.31. The van der Waals surface area contributed by atoms with E-state index in [1.54, 1.807) is 0 Å². The van der Waals surface area contributed by atoms with Gasteiger partial charge in [-0.05, 0) is 18.2 Å². The summed E-state index contributed by atoms with van der Waals surface area (Å²) in [6.45, 7) is -0.206. The lowest BCUT2D eigenvalue weighted by molar-refractivity contribution is -0.133. The van der Waals surface area contributed by atoms with Crippen molar-refractivity contribution in [2.75, 3.05) is 20.2 Å². The van der Waals surface area contributed by atoms with E-state index in [4.69, 9.17) is 21.6 Å². The molecule has 0 aliphatic carbocycles. The molecule has 20 heavy (non-hydrogen) atoms. The van der Waals surface area contributed by atoms with Crippen molar-refractivity contribution in [2.24, 2.45) is 0 Å². The van der Waals surface area contributed by atoms with E-state index in [-0.39, 0.29) is 29.3 Å². The van der Waals surface area contributed by atoms with E-state index in [0.717, 1.165) is 0 Å². The lowest BCUT2D eigenvalue weighted by atomic mass is 10.2. The third kappa shape index (κ3) is 4.44. The standard InChI is InChI=1S/C13H13ClN2O4/c1-16(6-2-5-15)12(18)8-20-13(19)10-7-9(14)3-4-11(10)17/h3-4,7,17H,2,6,8H2,1H3. The molecule has 0 fully saturated rings. The molecule has 6 nitrogen and oxygen atoms in total. The van der Waals surface area contributed by atoms with Crippen LogP contribution < -0.4 is 0 Å². The van der Waals surface area contributed by atoms with Crippen LogP contribution in [0.3, 0.4) is 0 Å². The monoisotopic (exact) mass is 296 g/mol. The molecule has 7 heteroatoms. The van der Waals surface area contributed by atoms with Gasteiger partial charge >= 0.3 is 5.97 Å². The second kappa shape index (κ2) is 7.36. The smallest absolute Gasteiger partial charge is 0.342 e. The van der Waals surface area contributed by atoms with Gasteiger partial charge in [-0.3, -0.25) is 4.79 Å². The molecule has 1 rings (SSSR count). The van der Waals surface area contributed by atoms with Crippen molar-refractivity contribution in [3.63, 3.8) is 0 Å². The molecule has 0 saturated carbocycles. The van der Waals surface area contributed by atoms with Crippen LogP contribution in [0.2, 0.25) is 5.02 Å². The Bertz CT molecular complexity index is 554. The maximum atomic E-state index is 11.7. The molecule has 1 aromatic rings. The Balaban J connectivity index is 2.57. The topological polar surface area (TPSA) is 90.6 Å². The Hall–Kier alpha value is -2.26. The molecule has 1 amide bonds. The molecule has 106 valence electrons. The number of benzene rings is 1. The van der Waals surface area contributed by atoms with Gasteiger partial charge in [0.05, 0.1) is 12.5 Å². The molecule has 0 spiro atoms. The quantitative estimate of drug-likeness (QED) is 0.833. The Morgan fingerprint density at radius 3 is 2.85 bits per heavy atom. The van der Waals surface area contributed by atoms with E-state index in [0.29, 0.717) is 0 Å². The number of phenolic OH excluding ortho intramolecular Hbond substituents is 1. The maximum absolute atomic E-state index is 11.7. The second-order valence-corrected chi connectivity index (χ2v) is 4.40. The van der Waals surface area contributed by atoms with E-state index < -0.39 is 18.5 Å². The van der Waals surface area contributed by atoms with Crippen LogP contribution in [-0.4, -0.2) is 42.1 Å². The van der Waals surface area contributed by atoms with Gasteiger partial charge in [-0.25, -0.2) is 4.79 Å². The van der Waals surface area contributed by atoms with Crippen LogP contribution in [0.25, 0.3) is 0 Å². The number of carbonyl (C=O) groups is 2. The number of carbonyl (C=O) groups excluding carboxylic acids is 2. The molecule has 0 aliphatic rings. The average molecular weight is 297 g/mol. The van der Waals surface area contributed by atoms with Gasteiger partial charge in [0.25, 0.3) is 5.91 Å². The fourth-order valence-electron chi connectivity index (χ4n) is 1.33. The largest absolute Gasteiger partial charge is 0.507 e. The van der Waals surface area contributed by atoms with E-state index >= 15 is 0 Å². The zero-order valence-electron chi connectivity index (χ0n) is 10.8. The Labute approximate surface area is 121 Å². The fourth-order valence-corrected chi connectivity index (χ4v) is 1.50. The van der Waals surface area contributed by atoms with Crippen molar-refractivity contribution in [1.29, 1.82) is 5.26 Å². The van der Waals surface area contributed by atoms with Gasteiger partial charge < -0.3 is 14.7 Å². The first-order chi connectivity index (χ1) is 9.45. The number of nitriles is 1. The lowest BCUT2D eigenvalue weighted by Crippen LogP contribution is -2.31. The lowest BCUT2D eigenvalue weighted by Gasteiger charge is -2.15. The summed E-state index contributed by atoms with van der Waals surface area (Å²) in [5.74, 6) is -1.55. The molecule has 1 aromatic carbocycles. The molecule has 0 unspecified atom stereocenters. The van der Waals surface area contributed by atoms with Gasteiger partial charge in [-0.2, -0.15) is 5.26 Å². The van der Waals surface area contributed by atoms with Crippen molar-refractivity contribution < 1.29 is 19.4 Å². The van der Waals surface area contributed by atoms with E-state index in [1.165, 1.54) is 30.1 Å². The van der Waals surface area contributed by atoms with Gasteiger partial charge in [0.15, 0.2) is 6.61 Å². The van der Waals surface area contributed by atoms with E-state index in [2.05, 4.69) is 0 Å². The van der Waals surface area contributed by atoms with Crippen LogP contribution in [0.1, 0.15) is 16.8 Å². The molecule has 0 bridgehead atoms. The molecule has 0 aliphatic heterocycles. The summed E-state index contributed by atoms with van der Waals surface area (Å²) in [7, 11) is 1.50. The van der Waals surface area contributed by atoms with Gasteiger partial charge in [0.2, 0.25) is 0 Å². The van der Waals surface area contributed by atoms with Crippen LogP contribution in [-0.2, 0) is 9.53 Å². The summed E-state index contributed by atoms with van der Waals surface area (Å²) in [4.78, 5) is 24.6. The second-order valence-electron chi connectivity index (χ2n) is 3.96. The number of rotatable bonds is 5. The number of likely N-dealkylation sites (N-methyl/N-ethyl adjacent to an activating group) is 1. The number of halogens is 1. The van der Waals surface area contributed by atoms with Crippen molar-refractivity contribution in [3.05, 3.63) is 28.8 Å². The Morgan fingerprint density at radius 1 is 1.50 bits per heavy atom. The van der Waals surface area contributed by atoms with Crippen LogP contribution >= 0.6 is 11.6 Å². The highest BCUT2D eigenvalue weighted by Crippen LogP contribution is 2.22. The van der Waals surface area contributed by atoms with Crippen molar-refractivity contribution in [2.45, 2.75) is 6.42 Å².